The minimum atomic E-state index is -0.525. The lowest BCUT2D eigenvalue weighted by molar-refractivity contribution is -0.123. The van der Waals surface area contributed by atoms with Crippen molar-refractivity contribution in [2.24, 2.45) is 0 Å². The SMILES string of the molecule is COc1ccc2nc(CNC(=O)C3(c4ccc(F)cc4)CC3)[nH]c2c1. The third-order valence-electron chi connectivity index (χ3n) is 4.74. The smallest absolute Gasteiger partial charge is 0.231 e. The van der Waals surface area contributed by atoms with Crippen LogP contribution in [0.3, 0.4) is 0 Å². The first kappa shape index (κ1) is 15.6. The molecule has 128 valence electrons. The quantitative estimate of drug-likeness (QED) is 0.751. The summed E-state index contributed by atoms with van der Waals surface area (Å²) in [6.07, 6.45) is 1.56. The van der Waals surface area contributed by atoms with Crippen LogP contribution < -0.4 is 10.1 Å². The first-order valence-corrected chi connectivity index (χ1v) is 8.18. The molecule has 2 N–H and O–H groups in total. The zero-order valence-corrected chi connectivity index (χ0v) is 13.8. The number of amides is 1. The number of hydrogen-bond donors (Lipinski definition) is 2. The second-order valence-electron chi connectivity index (χ2n) is 6.34. The highest BCUT2D eigenvalue weighted by Crippen LogP contribution is 2.48. The van der Waals surface area contributed by atoms with E-state index in [1.807, 2.05) is 18.2 Å². The summed E-state index contributed by atoms with van der Waals surface area (Å²) in [5.74, 6) is 1.10. The number of fused-ring (bicyclic) bond motifs is 1. The van der Waals surface area contributed by atoms with Crippen molar-refractivity contribution in [1.82, 2.24) is 15.3 Å². The highest BCUT2D eigenvalue weighted by molar-refractivity contribution is 5.91. The van der Waals surface area contributed by atoms with Gasteiger partial charge in [-0.15, -0.1) is 0 Å². The van der Waals surface area contributed by atoms with E-state index in [1.54, 1.807) is 19.2 Å². The van der Waals surface area contributed by atoms with Gasteiger partial charge < -0.3 is 15.0 Å². The standard InChI is InChI=1S/C19H18FN3O2/c1-25-14-6-7-15-16(10-14)23-17(22-15)11-21-18(24)19(8-9-19)12-2-4-13(20)5-3-12/h2-7,10H,8-9,11H2,1H3,(H,21,24)(H,22,23). The van der Waals surface area contributed by atoms with Gasteiger partial charge in [0.25, 0.3) is 0 Å². The van der Waals surface area contributed by atoms with E-state index in [1.165, 1.54) is 12.1 Å². The van der Waals surface area contributed by atoms with Gasteiger partial charge in [0, 0.05) is 6.07 Å². The summed E-state index contributed by atoms with van der Waals surface area (Å²) in [6.45, 7) is 0.318. The first-order valence-electron chi connectivity index (χ1n) is 8.18. The topological polar surface area (TPSA) is 67.0 Å². The van der Waals surface area contributed by atoms with Gasteiger partial charge in [-0.3, -0.25) is 4.79 Å². The molecule has 3 aromatic rings. The van der Waals surface area contributed by atoms with Gasteiger partial charge in [-0.2, -0.15) is 0 Å². The summed E-state index contributed by atoms with van der Waals surface area (Å²) in [6, 6.07) is 11.8. The molecule has 5 nitrogen and oxygen atoms in total. The van der Waals surface area contributed by atoms with E-state index < -0.39 is 5.41 Å². The molecule has 4 rings (SSSR count). The largest absolute Gasteiger partial charge is 0.497 e. The van der Waals surface area contributed by atoms with Crippen molar-refractivity contribution in [3.05, 3.63) is 59.7 Å². The van der Waals surface area contributed by atoms with E-state index in [2.05, 4.69) is 15.3 Å². The fourth-order valence-corrected chi connectivity index (χ4v) is 3.13. The average molecular weight is 339 g/mol. The van der Waals surface area contributed by atoms with Gasteiger partial charge in [-0.05, 0) is 42.7 Å². The molecule has 0 atom stereocenters. The molecule has 1 saturated carbocycles. The number of aromatic amines is 1. The van der Waals surface area contributed by atoms with Crippen molar-refractivity contribution in [1.29, 1.82) is 0 Å². The number of imidazole rings is 1. The van der Waals surface area contributed by atoms with Crippen molar-refractivity contribution in [2.45, 2.75) is 24.8 Å². The van der Waals surface area contributed by atoms with E-state index >= 15 is 0 Å². The molecular formula is C19H18FN3O2. The Morgan fingerprint density at radius 2 is 2.04 bits per heavy atom. The Balaban J connectivity index is 1.47. The minimum absolute atomic E-state index is 0.0443. The van der Waals surface area contributed by atoms with Crippen LogP contribution in [0, 0.1) is 5.82 Å². The van der Waals surface area contributed by atoms with Gasteiger partial charge in [0.05, 0.1) is 30.1 Å². The fraction of sp³-hybridized carbons (Fsp3) is 0.263. The van der Waals surface area contributed by atoms with Gasteiger partial charge in [-0.1, -0.05) is 12.1 Å². The monoisotopic (exact) mass is 339 g/mol. The van der Waals surface area contributed by atoms with Gasteiger partial charge in [-0.25, -0.2) is 9.37 Å². The lowest BCUT2D eigenvalue weighted by atomic mass is 9.95. The molecule has 1 aromatic heterocycles. The number of nitrogens with one attached hydrogen (secondary N) is 2. The number of hydrogen-bond acceptors (Lipinski definition) is 3. The molecule has 1 fully saturated rings. The third-order valence-corrected chi connectivity index (χ3v) is 4.74. The first-order chi connectivity index (χ1) is 12.1. The second-order valence-corrected chi connectivity index (χ2v) is 6.34. The van der Waals surface area contributed by atoms with E-state index in [4.69, 9.17) is 4.74 Å². The maximum Gasteiger partial charge on any atom is 0.231 e. The number of methoxy groups -OCH3 is 1. The van der Waals surface area contributed by atoms with Crippen molar-refractivity contribution < 1.29 is 13.9 Å². The van der Waals surface area contributed by atoms with E-state index in [0.717, 1.165) is 35.2 Å². The Bertz CT molecular complexity index is 929. The Morgan fingerprint density at radius 1 is 1.28 bits per heavy atom. The molecule has 1 aliphatic rings. The third kappa shape index (κ3) is 2.84. The van der Waals surface area contributed by atoms with Crippen LogP contribution in [0.25, 0.3) is 11.0 Å². The molecule has 0 aliphatic heterocycles. The van der Waals surface area contributed by atoms with Gasteiger partial charge in [0.1, 0.15) is 17.4 Å². The molecule has 0 saturated heterocycles. The number of carbonyl (C=O) groups is 1. The Morgan fingerprint density at radius 3 is 2.72 bits per heavy atom. The van der Waals surface area contributed by atoms with E-state index in [-0.39, 0.29) is 11.7 Å². The zero-order valence-electron chi connectivity index (χ0n) is 13.8. The molecular weight excluding hydrogens is 321 g/mol. The number of nitrogens with zero attached hydrogens (tertiary/aromatic N) is 1. The molecule has 0 unspecified atom stereocenters. The van der Waals surface area contributed by atoms with Crippen molar-refractivity contribution in [3.8, 4) is 5.75 Å². The summed E-state index contributed by atoms with van der Waals surface area (Å²) in [5, 5.41) is 2.95. The molecule has 1 amide bonds. The highest BCUT2D eigenvalue weighted by atomic mass is 19.1. The fourth-order valence-electron chi connectivity index (χ4n) is 3.13. The predicted molar refractivity (Wildman–Crippen MR) is 91.8 cm³/mol. The average Bonchev–Trinajstić information content (AvgIpc) is 3.33. The number of benzene rings is 2. The highest BCUT2D eigenvalue weighted by Gasteiger charge is 2.51. The predicted octanol–water partition coefficient (Wildman–Crippen LogP) is 3.06. The Labute approximate surface area is 144 Å². The van der Waals surface area contributed by atoms with Crippen LogP contribution in [0.5, 0.6) is 5.75 Å². The lowest BCUT2D eigenvalue weighted by Gasteiger charge is -2.15. The summed E-state index contributed by atoms with van der Waals surface area (Å²) in [7, 11) is 1.61. The van der Waals surface area contributed by atoms with Crippen LogP contribution in [-0.2, 0) is 16.8 Å². The molecule has 0 spiro atoms. The summed E-state index contributed by atoms with van der Waals surface area (Å²) >= 11 is 0. The van der Waals surface area contributed by atoms with Crippen LogP contribution in [0.2, 0.25) is 0 Å². The van der Waals surface area contributed by atoms with Crippen LogP contribution in [-0.4, -0.2) is 23.0 Å². The molecule has 6 heteroatoms. The number of halogens is 1. The number of rotatable bonds is 5. The normalized spacial score (nSPS) is 15.1. The minimum Gasteiger partial charge on any atom is -0.497 e. The molecule has 0 bridgehead atoms. The van der Waals surface area contributed by atoms with Crippen LogP contribution in [0.1, 0.15) is 24.2 Å². The van der Waals surface area contributed by atoms with Gasteiger partial charge in [0.2, 0.25) is 5.91 Å². The summed E-state index contributed by atoms with van der Waals surface area (Å²) in [4.78, 5) is 20.3. The van der Waals surface area contributed by atoms with Crippen LogP contribution in [0.15, 0.2) is 42.5 Å². The maximum atomic E-state index is 13.1. The molecule has 2 aromatic carbocycles. The second kappa shape index (κ2) is 5.88. The van der Waals surface area contributed by atoms with E-state index in [9.17, 15) is 9.18 Å². The number of aromatic nitrogens is 2. The van der Waals surface area contributed by atoms with E-state index in [0.29, 0.717) is 12.4 Å². The Kier molecular flexibility index (Phi) is 3.67. The zero-order chi connectivity index (χ0) is 17.4. The molecule has 25 heavy (non-hydrogen) atoms. The number of H-pyrrole nitrogens is 1. The number of carbonyl (C=O) groups excluding carboxylic acids is 1. The van der Waals surface area contributed by atoms with Crippen molar-refractivity contribution in [2.75, 3.05) is 7.11 Å². The Hall–Kier alpha value is -2.89. The summed E-state index contributed by atoms with van der Waals surface area (Å²) < 4.78 is 18.3. The summed E-state index contributed by atoms with van der Waals surface area (Å²) in [5.41, 5.74) is 2.02. The molecule has 1 aliphatic carbocycles. The maximum absolute atomic E-state index is 13.1. The number of ether oxygens (including phenoxy) is 1. The van der Waals surface area contributed by atoms with Crippen LogP contribution in [0.4, 0.5) is 4.39 Å². The van der Waals surface area contributed by atoms with Crippen molar-refractivity contribution >= 4 is 16.9 Å². The molecule has 0 radical (unpaired) electrons. The molecule has 1 heterocycles. The van der Waals surface area contributed by atoms with Gasteiger partial charge in [0.15, 0.2) is 0 Å². The van der Waals surface area contributed by atoms with Gasteiger partial charge >= 0.3 is 0 Å². The van der Waals surface area contributed by atoms with Crippen molar-refractivity contribution in [3.63, 3.8) is 0 Å². The lowest BCUT2D eigenvalue weighted by Crippen LogP contribution is -2.34. The van der Waals surface area contributed by atoms with Crippen LogP contribution >= 0.6 is 0 Å².